The molecule has 0 saturated carbocycles. The topological polar surface area (TPSA) is 3.24 Å². The predicted octanol–water partition coefficient (Wildman–Crippen LogP) is 5.41. The van der Waals surface area contributed by atoms with Crippen LogP contribution >= 0.6 is 0 Å². The first-order valence-electron chi connectivity index (χ1n) is 8.08. The zero-order valence-corrected chi connectivity index (χ0v) is 14.9. The van der Waals surface area contributed by atoms with Crippen molar-refractivity contribution in [1.29, 1.82) is 0 Å². The van der Waals surface area contributed by atoms with Crippen molar-refractivity contribution in [3.63, 3.8) is 0 Å². The molecule has 0 aromatic heterocycles. The first kappa shape index (κ1) is 18.3. The lowest BCUT2D eigenvalue weighted by Crippen LogP contribution is -2.20. The normalized spacial score (nSPS) is 11.8. The molecule has 2 aromatic rings. The molecule has 128 valence electrons. The molecule has 0 amide bonds. The van der Waals surface area contributed by atoms with Gasteiger partial charge in [0, 0.05) is 18.7 Å². The first-order valence-corrected chi connectivity index (χ1v) is 8.08. The number of benzene rings is 2. The van der Waals surface area contributed by atoms with Gasteiger partial charge in [-0.05, 0) is 47.4 Å². The minimum absolute atomic E-state index is 0.133. The lowest BCUT2D eigenvalue weighted by molar-refractivity contribution is 0.368. The summed E-state index contributed by atoms with van der Waals surface area (Å²) >= 11 is 0. The Morgan fingerprint density at radius 1 is 1.04 bits per heavy atom. The maximum absolute atomic E-state index is 13.8. The summed E-state index contributed by atoms with van der Waals surface area (Å²) in [7, 11) is 1.94. The molecule has 0 unspecified atom stereocenters. The molecule has 0 saturated heterocycles. The fourth-order valence-corrected chi connectivity index (χ4v) is 2.66. The summed E-state index contributed by atoms with van der Waals surface area (Å²) in [5, 5.41) is 0. The molecule has 0 aliphatic carbocycles. The van der Waals surface area contributed by atoms with Gasteiger partial charge in [0.2, 0.25) is 0 Å². The molecule has 0 atom stereocenters. The van der Waals surface area contributed by atoms with E-state index in [0.29, 0.717) is 12.1 Å². The third kappa shape index (κ3) is 4.75. The molecule has 0 aliphatic rings. The van der Waals surface area contributed by atoms with Crippen LogP contribution < -0.4 is 0 Å². The standard InChI is InChI=1S/C21H25F2N/c1-15(19-12-18(22)10-11-20(19)23)13-24(5)14-16-6-8-17(9-7-16)21(2,3)4/h6-12H,1,13-14H2,2-5H3. The third-order valence-electron chi connectivity index (χ3n) is 4.04. The molecule has 0 bridgehead atoms. The van der Waals surface area contributed by atoms with Gasteiger partial charge in [0.25, 0.3) is 0 Å². The Kier molecular flexibility index (Phi) is 5.55. The van der Waals surface area contributed by atoms with Crippen molar-refractivity contribution in [1.82, 2.24) is 4.90 Å². The van der Waals surface area contributed by atoms with E-state index >= 15 is 0 Å². The fraction of sp³-hybridized carbons (Fsp3) is 0.333. The van der Waals surface area contributed by atoms with Gasteiger partial charge < -0.3 is 0 Å². The molecule has 24 heavy (non-hydrogen) atoms. The lowest BCUT2D eigenvalue weighted by atomic mass is 9.87. The first-order chi connectivity index (χ1) is 11.2. The molecule has 0 fully saturated rings. The largest absolute Gasteiger partial charge is 0.298 e. The Morgan fingerprint density at radius 2 is 1.67 bits per heavy atom. The summed E-state index contributed by atoms with van der Waals surface area (Å²) in [6.45, 7) is 11.7. The van der Waals surface area contributed by atoms with E-state index in [1.54, 1.807) is 0 Å². The van der Waals surface area contributed by atoms with Crippen molar-refractivity contribution in [2.24, 2.45) is 0 Å². The molecule has 0 heterocycles. The average molecular weight is 329 g/mol. The van der Waals surface area contributed by atoms with Gasteiger partial charge in [0.1, 0.15) is 11.6 Å². The zero-order chi connectivity index (χ0) is 17.9. The number of likely N-dealkylation sites (N-methyl/N-ethyl adjacent to an activating group) is 1. The van der Waals surface area contributed by atoms with Crippen LogP contribution in [0.3, 0.4) is 0 Å². The SMILES string of the molecule is C=C(CN(C)Cc1ccc(C(C)(C)C)cc1)c1cc(F)ccc1F. The summed E-state index contributed by atoms with van der Waals surface area (Å²) in [4.78, 5) is 2.04. The van der Waals surface area contributed by atoms with Crippen molar-refractivity contribution >= 4 is 5.57 Å². The molecule has 0 aliphatic heterocycles. The van der Waals surface area contributed by atoms with Gasteiger partial charge in [-0.2, -0.15) is 0 Å². The molecule has 2 aromatic carbocycles. The molecule has 0 radical (unpaired) electrons. The second-order valence-corrected chi connectivity index (χ2v) is 7.35. The van der Waals surface area contributed by atoms with E-state index in [1.807, 2.05) is 11.9 Å². The number of rotatable bonds is 5. The summed E-state index contributed by atoms with van der Waals surface area (Å²) in [6.07, 6.45) is 0. The van der Waals surface area contributed by atoms with E-state index in [2.05, 4.69) is 51.6 Å². The lowest BCUT2D eigenvalue weighted by Gasteiger charge is -2.21. The van der Waals surface area contributed by atoms with E-state index < -0.39 is 11.6 Å². The molecule has 0 N–H and O–H groups in total. The maximum atomic E-state index is 13.8. The second-order valence-electron chi connectivity index (χ2n) is 7.35. The number of halogens is 2. The Morgan fingerprint density at radius 3 is 2.25 bits per heavy atom. The molecule has 3 heteroatoms. The Balaban J connectivity index is 2.01. The van der Waals surface area contributed by atoms with E-state index in [0.717, 1.165) is 18.7 Å². The van der Waals surface area contributed by atoms with E-state index in [-0.39, 0.29) is 11.0 Å². The highest BCUT2D eigenvalue weighted by molar-refractivity contribution is 5.65. The minimum atomic E-state index is -0.451. The van der Waals surface area contributed by atoms with Crippen LogP contribution in [0.4, 0.5) is 8.78 Å². The zero-order valence-electron chi connectivity index (χ0n) is 14.9. The highest BCUT2D eigenvalue weighted by atomic mass is 19.1. The number of hydrogen-bond donors (Lipinski definition) is 0. The minimum Gasteiger partial charge on any atom is -0.298 e. The number of nitrogens with zero attached hydrogens (tertiary/aromatic N) is 1. The summed E-state index contributed by atoms with van der Waals surface area (Å²) in [5.74, 6) is -0.891. The fourth-order valence-electron chi connectivity index (χ4n) is 2.66. The average Bonchev–Trinajstić information content (AvgIpc) is 2.49. The predicted molar refractivity (Wildman–Crippen MR) is 96.9 cm³/mol. The molecule has 1 nitrogen and oxygen atoms in total. The molecular weight excluding hydrogens is 304 g/mol. The number of hydrogen-bond acceptors (Lipinski definition) is 1. The van der Waals surface area contributed by atoms with Gasteiger partial charge in [-0.3, -0.25) is 4.90 Å². The Bertz CT molecular complexity index is 712. The highest BCUT2D eigenvalue weighted by Gasteiger charge is 2.14. The van der Waals surface area contributed by atoms with Crippen LogP contribution in [0.5, 0.6) is 0 Å². The van der Waals surface area contributed by atoms with Gasteiger partial charge >= 0.3 is 0 Å². The molecule has 2 rings (SSSR count). The summed E-state index contributed by atoms with van der Waals surface area (Å²) in [5.41, 5.74) is 3.41. The van der Waals surface area contributed by atoms with Gasteiger partial charge in [-0.1, -0.05) is 51.6 Å². The quantitative estimate of drug-likeness (QED) is 0.709. The molecular formula is C21H25F2N. The van der Waals surface area contributed by atoms with E-state index in [9.17, 15) is 8.78 Å². The van der Waals surface area contributed by atoms with Crippen molar-refractivity contribution in [2.45, 2.75) is 32.7 Å². The van der Waals surface area contributed by atoms with Crippen LogP contribution in [0.1, 0.15) is 37.5 Å². The van der Waals surface area contributed by atoms with Gasteiger partial charge in [-0.15, -0.1) is 0 Å². The van der Waals surface area contributed by atoms with Crippen molar-refractivity contribution in [2.75, 3.05) is 13.6 Å². The van der Waals surface area contributed by atoms with Crippen LogP contribution in [0, 0.1) is 11.6 Å². The monoisotopic (exact) mass is 329 g/mol. The van der Waals surface area contributed by atoms with Crippen LogP contribution in [-0.2, 0) is 12.0 Å². The van der Waals surface area contributed by atoms with Crippen molar-refractivity contribution < 1.29 is 8.78 Å². The summed E-state index contributed by atoms with van der Waals surface area (Å²) in [6, 6.07) is 12.0. The van der Waals surface area contributed by atoms with Crippen LogP contribution in [-0.4, -0.2) is 18.5 Å². The van der Waals surface area contributed by atoms with Gasteiger partial charge in [0.05, 0.1) is 0 Å². The van der Waals surface area contributed by atoms with E-state index in [1.165, 1.54) is 17.2 Å². The van der Waals surface area contributed by atoms with Crippen LogP contribution in [0.15, 0.2) is 49.0 Å². The van der Waals surface area contributed by atoms with Gasteiger partial charge in [0.15, 0.2) is 0 Å². The maximum Gasteiger partial charge on any atom is 0.130 e. The van der Waals surface area contributed by atoms with Crippen molar-refractivity contribution in [3.8, 4) is 0 Å². The smallest absolute Gasteiger partial charge is 0.130 e. The third-order valence-corrected chi connectivity index (χ3v) is 4.04. The Hall–Kier alpha value is -2.00. The van der Waals surface area contributed by atoms with E-state index in [4.69, 9.17) is 0 Å². The second kappa shape index (κ2) is 7.27. The highest BCUT2D eigenvalue weighted by Crippen LogP contribution is 2.23. The van der Waals surface area contributed by atoms with Gasteiger partial charge in [-0.25, -0.2) is 8.78 Å². The summed E-state index contributed by atoms with van der Waals surface area (Å²) < 4.78 is 27.1. The van der Waals surface area contributed by atoms with Crippen LogP contribution in [0.2, 0.25) is 0 Å². The Labute approximate surface area is 143 Å². The molecule has 0 spiro atoms. The van der Waals surface area contributed by atoms with Crippen LogP contribution in [0.25, 0.3) is 5.57 Å². The van der Waals surface area contributed by atoms with Crippen molar-refractivity contribution in [3.05, 3.63) is 77.4 Å².